The van der Waals surface area contributed by atoms with E-state index in [-0.39, 0.29) is 11.6 Å². The Labute approximate surface area is 63.8 Å². The van der Waals surface area contributed by atoms with Gasteiger partial charge in [-0.3, -0.25) is 15.2 Å². The van der Waals surface area contributed by atoms with Crippen LogP contribution in [0.5, 0.6) is 0 Å². The molecule has 6 nitrogen and oxygen atoms in total. The third-order valence-corrected chi connectivity index (χ3v) is 1.25. The molecule has 66 valence electrons. The van der Waals surface area contributed by atoms with Crippen LogP contribution in [0.25, 0.3) is 0 Å². The van der Waals surface area contributed by atoms with Crippen LogP contribution in [0, 0.1) is 0 Å². The van der Waals surface area contributed by atoms with Crippen molar-refractivity contribution in [2.24, 2.45) is 5.73 Å². The van der Waals surface area contributed by atoms with E-state index in [0.29, 0.717) is 13.0 Å². The lowest BCUT2D eigenvalue weighted by Crippen LogP contribution is -2.36. The Morgan fingerprint density at radius 3 is 2.36 bits per heavy atom. The molecule has 0 aromatic heterocycles. The highest BCUT2D eigenvalue weighted by atomic mass is 16.8. The van der Waals surface area contributed by atoms with Gasteiger partial charge in [-0.05, 0) is 19.4 Å². The summed E-state index contributed by atoms with van der Waals surface area (Å²) in [5, 5.41) is 24.8. The van der Waals surface area contributed by atoms with Crippen molar-refractivity contribution in [1.29, 1.82) is 0 Å². The highest BCUT2D eigenvalue weighted by Crippen LogP contribution is 2.01. The molecule has 0 radical (unpaired) electrons. The fraction of sp³-hybridized carbons (Fsp3) is 0.800. The predicted molar refractivity (Wildman–Crippen MR) is 35.1 cm³/mol. The maximum Gasteiger partial charge on any atom is 0.325 e. The molecule has 0 bridgehead atoms. The van der Waals surface area contributed by atoms with Crippen molar-refractivity contribution >= 4 is 5.97 Å². The minimum absolute atomic E-state index is 0.124. The monoisotopic (exact) mass is 164 g/mol. The molecule has 0 aromatic rings. The maximum absolute atomic E-state index is 10.2. The molecule has 0 saturated heterocycles. The predicted octanol–water partition coefficient (Wildman–Crippen LogP) is -0.741. The van der Waals surface area contributed by atoms with E-state index in [9.17, 15) is 4.79 Å². The van der Waals surface area contributed by atoms with E-state index in [4.69, 9.17) is 21.3 Å². The first-order chi connectivity index (χ1) is 5.09. The minimum atomic E-state index is -1.28. The van der Waals surface area contributed by atoms with Crippen molar-refractivity contribution in [1.82, 2.24) is 5.23 Å². The van der Waals surface area contributed by atoms with Gasteiger partial charge in [-0.1, -0.05) is 5.23 Å². The number of nitrogens with two attached hydrogens (primary N) is 1. The van der Waals surface area contributed by atoms with Gasteiger partial charge in [0.15, 0.2) is 6.04 Å². The SMILES string of the molecule is NCCC[C@@H](C(=O)O)N(O)O. The average Bonchev–Trinajstić information content (AvgIpc) is 1.87. The van der Waals surface area contributed by atoms with Gasteiger partial charge in [0.1, 0.15) is 0 Å². The molecular weight excluding hydrogens is 152 g/mol. The first-order valence-electron chi connectivity index (χ1n) is 3.19. The Morgan fingerprint density at radius 1 is 1.55 bits per heavy atom. The highest BCUT2D eigenvalue weighted by molar-refractivity contribution is 5.72. The Kier molecular flexibility index (Phi) is 4.71. The van der Waals surface area contributed by atoms with Gasteiger partial charge in [0.25, 0.3) is 0 Å². The van der Waals surface area contributed by atoms with Crippen LogP contribution in [0.15, 0.2) is 0 Å². The van der Waals surface area contributed by atoms with Crippen molar-refractivity contribution in [2.75, 3.05) is 6.54 Å². The molecule has 0 aliphatic heterocycles. The number of aliphatic carboxylic acids is 1. The Morgan fingerprint density at radius 2 is 2.09 bits per heavy atom. The van der Waals surface area contributed by atoms with Gasteiger partial charge >= 0.3 is 5.97 Å². The molecule has 6 heteroatoms. The maximum atomic E-state index is 10.2. The minimum Gasteiger partial charge on any atom is -0.480 e. The molecule has 0 aliphatic carbocycles. The highest BCUT2D eigenvalue weighted by Gasteiger charge is 2.22. The van der Waals surface area contributed by atoms with Gasteiger partial charge in [0.05, 0.1) is 0 Å². The summed E-state index contributed by atoms with van der Waals surface area (Å²) in [7, 11) is 0. The summed E-state index contributed by atoms with van der Waals surface area (Å²) < 4.78 is 0. The second kappa shape index (κ2) is 5.03. The van der Waals surface area contributed by atoms with E-state index >= 15 is 0 Å². The number of carboxylic acid groups (broad SMARTS) is 1. The summed E-state index contributed by atoms with van der Waals surface area (Å²) in [5.41, 5.74) is 5.10. The molecule has 0 fully saturated rings. The van der Waals surface area contributed by atoms with Crippen LogP contribution in [0.1, 0.15) is 12.8 Å². The lowest BCUT2D eigenvalue weighted by molar-refractivity contribution is -0.328. The Balaban J connectivity index is 3.80. The van der Waals surface area contributed by atoms with E-state index in [2.05, 4.69) is 0 Å². The van der Waals surface area contributed by atoms with Gasteiger partial charge in [-0.25, -0.2) is 0 Å². The standard InChI is InChI=1S/C5H12N2O4/c6-3-1-2-4(5(8)9)7(10)11/h4,10-11H,1-3,6H2,(H,8,9)/t4-/m0/s1. The zero-order valence-electron chi connectivity index (χ0n) is 5.97. The molecule has 0 rings (SSSR count). The normalized spacial score (nSPS) is 13.5. The van der Waals surface area contributed by atoms with Gasteiger partial charge < -0.3 is 10.8 Å². The molecule has 0 unspecified atom stereocenters. The summed E-state index contributed by atoms with van der Waals surface area (Å²) in [6.07, 6.45) is 0.563. The lowest BCUT2D eigenvalue weighted by atomic mass is 10.2. The van der Waals surface area contributed by atoms with E-state index in [1.54, 1.807) is 0 Å². The summed E-state index contributed by atoms with van der Waals surface area (Å²) in [4.78, 5) is 10.2. The van der Waals surface area contributed by atoms with Crippen LogP contribution >= 0.6 is 0 Å². The van der Waals surface area contributed by atoms with Crippen LogP contribution in [-0.4, -0.2) is 39.3 Å². The van der Waals surface area contributed by atoms with E-state index in [1.165, 1.54) is 0 Å². The molecule has 0 aromatic carbocycles. The van der Waals surface area contributed by atoms with E-state index in [1.807, 2.05) is 0 Å². The number of nitrogens with zero attached hydrogens (tertiary/aromatic N) is 1. The van der Waals surface area contributed by atoms with Gasteiger partial charge in [0.2, 0.25) is 0 Å². The first kappa shape index (κ1) is 10.3. The Bertz CT molecular complexity index is 128. The topological polar surface area (TPSA) is 107 Å². The third-order valence-electron chi connectivity index (χ3n) is 1.25. The summed E-state index contributed by atoms with van der Waals surface area (Å²) in [5.74, 6) is -1.27. The number of hydrogen-bond donors (Lipinski definition) is 4. The van der Waals surface area contributed by atoms with Crippen LogP contribution in [0.2, 0.25) is 0 Å². The second-order valence-electron chi connectivity index (χ2n) is 2.11. The largest absolute Gasteiger partial charge is 0.480 e. The molecule has 11 heavy (non-hydrogen) atoms. The number of carbonyl (C=O) groups is 1. The van der Waals surface area contributed by atoms with Gasteiger partial charge in [0, 0.05) is 0 Å². The summed E-state index contributed by atoms with van der Waals surface area (Å²) >= 11 is 0. The molecule has 0 spiro atoms. The third kappa shape index (κ3) is 3.89. The summed E-state index contributed by atoms with van der Waals surface area (Å²) in [6.45, 7) is 0.331. The molecular formula is C5H12N2O4. The molecule has 1 atom stereocenters. The second-order valence-corrected chi connectivity index (χ2v) is 2.11. The van der Waals surface area contributed by atoms with Crippen LogP contribution in [0.3, 0.4) is 0 Å². The zero-order valence-corrected chi connectivity index (χ0v) is 5.97. The van der Waals surface area contributed by atoms with Crippen molar-refractivity contribution in [3.63, 3.8) is 0 Å². The number of hydroxylamine groups is 2. The lowest BCUT2D eigenvalue weighted by Gasteiger charge is -2.14. The fourth-order valence-electron chi connectivity index (χ4n) is 0.649. The first-order valence-corrected chi connectivity index (χ1v) is 3.19. The molecule has 0 amide bonds. The van der Waals surface area contributed by atoms with Gasteiger partial charge in [-0.2, -0.15) is 0 Å². The quantitative estimate of drug-likeness (QED) is 0.398. The zero-order chi connectivity index (χ0) is 8.85. The number of carboxylic acids is 1. The van der Waals surface area contributed by atoms with E-state index in [0.717, 1.165) is 0 Å². The number of hydrogen-bond acceptors (Lipinski definition) is 5. The van der Waals surface area contributed by atoms with Crippen molar-refractivity contribution in [3.8, 4) is 0 Å². The molecule has 5 N–H and O–H groups in total. The van der Waals surface area contributed by atoms with Crippen molar-refractivity contribution < 1.29 is 20.3 Å². The molecule has 0 heterocycles. The van der Waals surface area contributed by atoms with Crippen LogP contribution < -0.4 is 5.73 Å². The molecule has 0 saturated carbocycles. The van der Waals surface area contributed by atoms with Gasteiger partial charge in [-0.15, -0.1) is 0 Å². The van der Waals surface area contributed by atoms with Crippen molar-refractivity contribution in [2.45, 2.75) is 18.9 Å². The smallest absolute Gasteiger partial charge is 0.325 e. The van der Waals surface area contributed by atoms with E-state index < -0.39 is 12.0 Å². The summed E-state index contributed by atoms with van der Waals surface area (Å²) in [6, 6.07) is -1.28. The Hall–Kier alpha value is -0.690. The van der Waals surface area contributed by atoms with Crippen LogP contribution in [0.4, 0.5) is 0 Å². The van der Waals surface area contributed by atoms with Crippen LogP contribution in [-0.2, 0) is 4.79 Å². The average molecular weight is 164 g/mol. The van der Waals surface area contributed by atoms with Crippen molar-refractivity contribution in [3.05, 3.63) is 0 Å². The fourth-order valence-corrected chi connectivity index (χ4v) is 0.649. The number of rotatable bonds is 5. The molecule has 0 aliphatic rings.